The predicted molar refractivity (Wildman–Crippen MR) is 106 cm³/mol. The molecule has 0 saturated carbocycles. The molecule has 8 nitrogen and oxygen atoms in total. The van der Waals surface area contributed by atoms with Gasteiger partial charge < -0.3 is 10.1 Å². The van der Waals surface area contributed by atoms with E-state index in [4.69, 9.17) is 4.74 Å². The molecule has 146 valence electrons. The monoisotopic (exact) mass is 400 g/mol. The molecule has 1 aliphatic heterocycles. The van der Waals surface area contributed by atoms with Crippen LogP contribution in [0.1, 0.15) is 36.6 Å². The molecule has 0 bridgehead atoms. The Morgan fingerprint density at radius 2 is 2.07 bits per heavy atom. The summed E-state index contributed by atoms with van der Waals surface area (Å²) in [6.45, 7) is 5.18. The number of hydrogen-bond acceptors (Lipinski definition) is 7. The third kappa shape index (κ3) is 4.61. The lowest BCUT2D eigenvalue weighted by Crippen LogP contribution is -2.35. The molecule has 0 atom stereocenters. The highest BCUT2D eigenvalue weighted by atomic mass is 32.1. The van der Waals surface area contributed by atoms with E-state index in [1.807, 2.05) is 32.0 Å². The van der Waals surface area contributed by atoms with Crippen molar-refractivity contribution < 1.29 is 19.1 Å². The van der Waals surface area contributed by atoms with Gasteiger partial charge in [-0.2, -0.15) is 10.1 Å². The normalized spacial score (nSPS) is 13.9. The van der Waals surface area contributed by atoms with Crippen LogP contribution in [-0.4, -0.2) is 28.5 Å². The lowest BCUT2D eigenvalue weighted by atomic mass is 10.1. The van der Waals surface area contributed by atoms with E-state index in [0.29, 0.717) is 16.5 Å². The average Bonchev–Trinajstić information content (AvgIpc) is 3.09. The fourth-order valence-corrected chi connectivity index (χ4v) is 3.38. The second-order valence-corrected chi connectivity index (χ2v) is 7.30. The number of nitrogens with one attached hydrogen (secondary N) is 1. The molecule has 0 unspecified atom stereocenters. The molecule has 0 radical (unpaired) electrons. The number of amides is 2. The molecule has 1 aromatic heterocycles. The van der Waals surface area contributed by atoms with Crippen LogP contribution in [0.2, 0.25) is 0 Å². The zero-order valence-electron chi connectivity index (χ0n) is 15.8. The highest BCUT2D eigenvalue weighted by Crippen LogP contribution is 2.25. The first-order valence-electron chi connectivity index (χ1n) is 8.70. The number of thiazole rings is 1. The largest absolute Gasteiger partial charge is 0.455 e. The van der Waals surface area contributed by atoms with Crippen molar-refractivity contribution in [2.75, 3.05) is 10.3 Å². The maximum atomic E-state index is 12.4. The Morgan fingerprint density at radius 1 is 1.29 bits per heavy atom. The summed E-state index contributed by atoms with van der Waals surface area (Å²) in [7, 11) is 0. The van der Waals surface area contributed by atoms with Gasteiger partial charge in [0.25, 0.3) is 0 Å². The number of aryl methyl sites for hydroxylation is 2. The number of carbonyl (C=O) groups is 3. The van der Waals surface area contributed by atoms with E-state index in [2.05, 4.69) is 15.4 Å². The number of hydrazone groups is 1. The summed E-state index contributed by atoms with van der Waals surface area (Å²) < 4.78 is 5.28. The molecule has 0 aliphatic carbocycles. The zero-order valence-corrected chi connectivity index (χ0v) is 16.6. The maximum absolute atomic E-state index is 12.4. The van der Waals surface area contributed by atoms with Gasteiger partial charge in [0.15, 0.2) is 5.13 Å². The fourth-order valence-electron chi connectivity index (χ4n) is 2.64. The van der Waals surface area contributed by atoms with Crippen molar-refractivity contribution in [2.45, 2.75) is 40.2 Å². The number of anilines is 2. The summed E-state index contributed by atoms with van der Waals surface area (Å²) in [6, 6.07) is 5.73. The Labute approximate surface area is 166 Å². The molecule has 1 aromatic carbocycles. The minimum absolute atomic E-state index is 0.0364. The number of ether oxygens (including phenoxy) is 1. The number of carbonyl (C=O) groups excluding carboxylic acids is 3. The number of nitrogens with zero attached hydrogens (tertiary/aromatic N) is 3. The lowest BCUT2D eigenvalue weighted by Gasteiger charge is -2.24. The van der Waals surface area contributed by atoms with E-state index in [0.717, 1.165) is 11.1 Å². The van der Waals surface area contributed by atoms with Gasteiger partial charge in [-0.25, -0.2) is 9.78 Å². The minimum Gasteiger partial charge on any atom is -0.455 e. The van der Waals surface area contributed by atoms with E-state index in [-0.39, 0.29) is 37.0 Å². The van der Waals surface area contributed by atoms with Gasteiger partial charge in [0.1, 0.15) is 12.3 Å². The molecule has 2 amide bonds. The van der Waals surface area contributed by atoms with Crippen LogP contribution < -0.4 is 10.3 Å². The molecule has 0 saturated heterocycles. The fraction of sp³-hybridized carbons (Fsp3) is 0.316. The maximum Gasteiger partial charge on any atom is 0.354 e. The number of benzene rings is 1. The van der Waals surface area contributed by atoms with Gasteiger partial charge in [-0.1, -0.05) is 12.1 Å². The number of aromatic nitrogens is 1. The van der Waals surface area contributed by atoms with E-state index in [1.165, 1.54) is 23.3 Å². The smallest absolute Gasteiger partial charge is 0.354 e. The molecule has 28 heavy (non-hydrogen) atoms. The standard InChI is InChI=1S/C19H20N4O4S/c1-11-4-5-12(2)16(8-11)23-17(25)7-6-15(22-23)18(26)27-9-14-10-28-19(21-14)20-13(3)24/h4-5,8,10H,6-7,9H2,1-3H3,(H,20,21,24). The van der Waals surface area contributed by atoms with E-state index >= 15 is 0 Å². The van der Waals surface area contributed by atoms with Gasteiger partial charge in [0, 0.05) is 25.1 Å². The third-order valence-corrected chi connectivity index (χ3v) is 4.85. The van der Waals surface area contributed by atoms with Crippen molar-refractivity contribution in [2.24, 2.45) is 5.10 Å². The van der Waals surface area contributed by atoms with Crippen molar-refractivity contribution in [3.05, 3.63) is 40.4 Å². The second-order valence-electron chi connectivity index (χ2n) is 6.44. The molecular formula is C19H20N4O4S. The summed E-state index contributed by atoms with van der Waals surface area (Å²) in [5.74, 6) is -0.966. The number of esters is 1. The van der Waals surface area contributed by atoms with E-state index in [9.17, 15) is 14.4 Å². The van der Waals surface area contributed by atoms with Crippen LogP contribution in [0.5, 0.6) is 0 Å². The van der Waals surface area contributed by atoms with Crippen LogP contribution in [0.15, 0.2) is 28.7 Å². The predicted octanol–water partition coefficient (Wildman–Crippen LogP) is 2.94. The molecule has 1 N–H and O–H groups in total. The highest BCUT2D eigenvalue weighted by Gasteiger charge is 2.27. The van der Waals surface area contributed by atoms with Crippen LogP contribution in [0.4, 0.5) is 10.8 Å². The Balaban J connectivity index is 1.70. The van der Waals surface area contributed by atoms with Gasteiger partial charge in [-0.05, 0) is 31.0 Å². The van der Waals surface area contributed by atoms with Crippen molar-refractivity contribution in [1.82, 2.24) is 4.98 Å². The van der Waals surface area contributed by atoms with Crippen LogP contribution in [0.3, 0.4) is 0 Å². The first kappa shape index (κ1) is 19.7. The van der Waals surface area contributed by atoms with Crippen LogP contribution in [-0.2, 0) is 25.7 Å². The van der Waals surface area contributed by atoms with Crippen molar-refractivity contribution >= 4 is 45.7 Å². The second kappa shape index (κ2) is 8.30. The highest BCUT2D eigenvalue weighted by molar-refractivity contribution is 7.13. The van der Waals surface area contributed by atoms with E-state index < -0.39 is 5.97 Å². The van der Waals surface area contributed by atoms with Crippen molar-refractivity contribution in [3.63, 3.8) is 0 Å². The molecule has 0 fully saturated rings. The molecule has 9 heteroatoms. The Bertz CT molecular complexity index is 967. The molecule has 3 rings (SSSR count). The van der Waals surface area contributed by atoms with Gasteiger partial charge >= 0.3 is 5.97 Å². The van der Waals surface area contributed by atoms with Gasteiger partial charge in [-0.3, -0.25) is 9.59 Å². The van der Waals surface area contributed by atoms with Crippen LogP contribution >= 0.6 is 11.3 Å². The third-order valence-electron chi connectivity index (χ3n) is 4.05. The summed E-state index contributed by atoms with van der Waals surface area (Å²) in [4.78, 5) is 39.9. The van der Waals surface area contributed by atoms with Gasteiger partial charge in [-0.15, -0.1) is 11.3 Å². The number of hydrogen-bond donors (Lipinski definition) is 1. The molecule has 2 heterocycles. The van der Waals surface area contributed by atoms with Crippen molar-refractivity contribution in [1.29, 1.82) is 0 Å². The van der Waals surface area contributed by atoms with Crippen LogP contribution in [0, 0.1) is 13.8 Å². The summed E-state index contributed by atoms with van der Waals surface area (Å²) in [6.07, 6.45) is 0.415. The van der Waals surface area contributed by atoms with E-state index in [1.54, 1.807) is 5.38 Å². The Hall–Kier alpha value is -3.07. The van der Waals surface area contributed by atoms with Crippen molar-refractivity contribution in [3.8, 4) is 0 Å². The quantitative estimate of drug-likeness (QED) is 0.778. The summed E-state index contributed by atoms with van der Waals surface area (Å²) in [5, 5.41) is 10.2. The lowest BCUT2D eigenvalue weighted by molar-refractivity contribution is -0.137. The van der Waals surface area contributed by atoms with Gasteiger partial charge in [0.05, 0.1) is 11.4 Å². The first-order valence-corrected chi connectivity index (χ1v) is 9.58. The first-order chi connectivity index (χ1) is 13.3. The summed E-state index contributed by atoms with van der Waals surface area (Å²) >= 11 is 1.25. The zero-order chi connectivity index (χ0) is 20.3. The molecular weight excluding hydrogens is 380 g/mol. The SMILES string of the molecule is CC(=O)Nc1nc(COC(=O)C2=NN(c3cc(C)ccc3C)C(=O)CC2)cs1. The minimum atomic E-state index is -0.586. The summed E-state index contributed by atoms with van der Waals surface area (Å²) in [5.41, 5.74) is 3.27. The average molecular weight is 400 g/mol. The molecule has 0 spiro atoms. The number of rotatable bonds is 5. The van der Waals surface area contributed by atoms with Gasteiger partial charge in [0.2, 0.25) is 11.8 Å². The molecule has 2 aromatic rings. The van der Waals surface area contributed by atoms with Crippen LogP contribution in [0.25, 0.3) is 0 Å². The topological polar surface area (TPSA) is 101 Å². The Morgan fingerprint density at radius 3 is 2.82 bits per heavy atom. The Kier molecular flexibility index (Phi) is 5.84. The molecule has 1 aliphatic rings.